The first-order valence-corrected chi connectivity index (χ1v) is 8.80. The van der Waals surface area contributed by atoms with Crippen LogP contribution in [-0.2, 0) is 21.3 Å². The van der Waals surface area contributed by atoms with Crippen molar-refractivity contribution in [2.45, 2.75) is 50.2 Å². The van der Waals surface area contributed by atoms with Crippen molar-refractivity contribution in [3.63, 3.8) is 0 Å². The minimum absolute atomic E-state index is 0.137. The summed E-state index contributed by atoms with van der Waals surface area (Å²) >= 11 is 0. The van der Waals surface area contributed by atoms with Crippen LogP contribution in [0.15, 0.2) is 11.2 Å². The second kappa shape index (κ2) is 6.87. The SMILES string of the molecule is CCCNCc1cn[nH]c1S(=O)(=O)NC1(C)CCCOC1. The highest BCUT2D eigenvalue weighted by Crippen LogP contribution is 2.22. The molecule has 21 heavy (non-hydrogen) atoms. The molecule has 3 N–H and O–H groups in total. The molecule has 0 aromatic carbocycles. The van der Waals surface area contributed by atoms with Crippen LogP contribution in [0.2, 0.25) is 0 Å². The minimum Gasteiger partial charge on any atom is -0.380 e. The molecule has 1 fully saturated rings. The van der Waals surface area contributed by atoms with E-state index in [9.17, 15) is 8.42 Å². The Morgan fingerprint density at radius 3 is 3.00 bits per heavy atom. The van der Waals surface area contributed by atoms with Gasteiger partial charge >= 0.3 is 0 Å². The Hall–Kier alpha value is -0.960. The Morgan fingerprint density at radius 1 is 1.52 bits per heavy atom. The fraction of sp³-hybridized carbons (Fsp3) is 0.769. The Bertz CT molecular complexity index is 550. The molecule has 0 saturated carbocycles. The maximum atomic E-state index is 12.6. The summed E-state index contributed by atoms with van der Waals surface area (Å²) in [7, 11) is -3.63. The molecule has 1 atom stereocenters. The zero-order chi connectivity index (χ0) is 15.3. The van der Waals surface area contributed by atoms with Crippen molar-refractivity contribution in [3.8, 4) is 0 Å². The van der Waals surface area contributed by atoms with Crippen LogP contribution in [0.5, 0.6) is 0 Å². The molecule has 120 valence electrons. The van der Waals surface area contributed by atoms with Gasteiger partial charge in [-0.1, -0.05) is 6.92 Å². The van der Waals surface area contributed by atoms with Crippen LogP contribution in [0.3, 0.4) is 0 Å². The maximum absolute atomic E-state index is 12.6. The van der Waals surface area contributed by atoms with Crippen molar-refractivity contribution in [2.75, 3.05) is 19.8 Å². The van der Waals surface area contributed by atoms with Crippen LogP contribution < -0.4 is 10.0 Å². The van der Waals surface area contributed by atoms with Gasteiger partial charge in [-0.3, -0.25) is 5.10 Å². The first kappa shape index (κ1) is 16.4. The number of nitrogens with zero attached hydrogens (tertiary/aromatic N) is 1. The van der Waals surface area contributed by atoms with Gasteiger partial charge < -0.3 is 10.1 Å². The van der Waals surface area contributed by atoms with E-state index < -0.39 is 15.6 Å². The van der Waals surface area contributed by atoms with Crippen LogP contribution in [0.4, 0.5) is 0 Å². The lowest BCUT2D eigenvalue weighted by molar-refractivity contribution is 0.0386. The molecule has 7 nitrogen and oxygen atoms in total. The van der Waals surface area contributed by atoms with E-state index in [2.05, 4.69) is 27.2 Å². The van der Waals surface area contributed by atoms with E-state index in [0.29, 0.717) is 25.3 Å². The van der Waals surface area contributed by atoms with Gasteiger partial charge in [-0.05, 0) is 32.7 Å². The summed E-state index contributed by atoms with van der Waals surface area (Å²) in [6.07, 6.45) is 4.17. The Balaban J connectivity index is 2.10. The molecule has 0 aliphatic carbocycles. The molecular formula is C13H24N4O3S. The van der Waals surface area contributed by atoms with Crippen LogP contribution in [0, 0.1) is 0 Å². The van der Waals surface area contributed by atoms with Crippen LogP contribution >= 0.6 is 0 Å². The topological polar surface area (TPSA) is 96.1 Å². The molecule has 1 aromatic rings. The third-order valence-corrected chi connectivity index (χ3v) is 5.16. The van der Waals surface area contributed by atoms with Crippen LogP contribution in [-0.4, -0.2) is 43.9 Å². The predicted octanol–water partition coefficient (Wildman–Crippen LogP) is 0.757. The molecule has 1 saturated heterocycles. The van der Waals surface area contributed by atoms with Crippen LogP contribution in [0.1, 0.15) is 38.7 Å². The fourth-order valence-corrected chi connectivity index (χ4v) is 4.00. The van der Waals surface area contributed by atoms with E-state index >= 15 is 0 Å². The monoisotopic (exact) mass is 316 g/mol. The van der Waals surface area contributed by atoms with Crippen molar-refractivity contribution in [3.05, 3.63) is 11.8 Å². The largest absolute Gasteiger partial charge is 0.380 e. The van der Waals surface area contributed by atoms with Gasteiger partial charge in [0.2, 0.25) is 0 Å². The van der Waals surface area contributed by atoms with Gasteiger partial charge in [0.25, 0.3) is 10.0 Å². The van der Waals surface area contributed by atoms with Crippen molar-refractivity contribution < 1.29 is 13.2 Å². The highest BCUT2D eigenvalue weighted by atomic mass is 32.2. The number of aromatic amines is 1. The molecule has 1 aliphatic rings. The summed E-state index contributed by atoms with van der Waals surface area (Å²) in [5, 5.41) is 9.79. The normalized spacial score (nSPS) is 23.3. The molecule has 1 aliphatic heterocycles. The average Bonchev–Trinajstić information content (AvgIpc) is 2.88. The molecule has 0 bridgehead atoms. The summed E-state index contributed by atoms with van der Waals surface area (Å²) in [5.74, 6) is 0. The number of hydrogen-bond acceptors (Lipinski definition) is 5. The second-order valence-electron chi connectivity index (χ2n) is 5.72. The van der Waals surface area contributed by atoms with E-state index in [4.69, 9.17) is 4.74 Å². The van der Waals surface area contributed by atoms with Crippen molar-refractivity contribution >= 4 is 10.0 Å². The Kier molecular flexibility index (Phi) is 5.37. The number of ether oxygens (including phenoxy) is 1. The zero-order valence-corrected chi connectivity index (χ0v) is 13.4. The maximum Gasteiger partial charge on any atom is 0.258 e. The van der Waals surface area contributed by atoms with Gasteiger partial charge in [0, 0.05) is 18.7 Å². The highest BCUT2D eigenvalue weighted by molar-refractivity contribution is 7.89. The average molecular weight is 316 g/mol. The molecular weight excluding hydrogens is 292 g/mol. The highest BCUT2D eigenvalue weighted by Gasteiger charge is 2.34. The summed E-state index contributed by atoms with van der Waals surface area (Å²) in [4.78, 5) is 0. The fourth-order valence-electron chi connectivity index (χ4n) is 2.45. The van der Waals surface area contributed by atoms with Crippen molar-refractivity contribution in [1.82, 2.24) is 20.2 Å². The van der Waals surface area contributed by atoms with E-state index in [0.717, 1.165) is 25.8 Å². The lowest BCUT2D eigenvalue weighted by Gasteiger charge is -2.33. The third-order valence-electron chi connectivity index (χ3n) is 3.51. The molecule has 1 unspecified atom stereocenters. The second-order valence-corrected chi connectivity index (χ2v) is 7.34. The Labute approximate surface area is 125 Å². The predicted molar refractivity (Wildman–Crippen MR) is 79.4 cm³/mol. The molecule has 0 spiro atoms. The quantitative estimate of drug-likeness (QED) is 0.645. The number of hydrogen-bond donors (Lipinski definition) is 3. The third kappa shape index (κ3) is 4.26. The lowest BCUT2D eigenvalue weighted by atomic mass is 9.97. The minimum atomic E-state index is -3.63. The Morgan fingerprint density at radius 2 is 2.33 bits per heavy atom. The van der Waals surface area contributed by atoms with Gasteiger partial charge in [-0.25, -0.2) is 13.1 Å². The first-order chi connectivity index (χ1) is 9.97. The molecule has 0 amide bonds. The number of sulfonamides is 1. The lowest BCUT2D eigenvalue weighted by Crippen LogP contribution is -2.51. The molecule has 2 heterocycles. The van der Waals surface area contributed by atoms with Crippen molar-refractivity contribution in [1.29, 1.82) is 0 Å². The summed E-state index contributed by atoms with van der Waals surface area (Å²) in [5.41, 5.74) is 0.0901. The van der Waals surface area contributed by atoms with Gasteiger partial charge in [0.15, 0.2) is 5.03 Å². The summed E-state index contributed by atoms with van der Waals surface area (Å²) < 4.78 is 33.3. The number of aromatic nitrogens is 2. The summed E-state index contributed by atoms with van der Waals surface area (Å²) in [6, 6.07) is 0. The standard InChI is InChI=1S/C13H24N4O3S/c1-3-6-14-8-11-9-15-16-12(11)21(18,19)17-13(2)5-4-7-20-10-13/h9,14,17H,3-8,10H2,1-2H3,(H,15,16). The molecule has 8 heteroatoms. The van der Waals surface area contributed by atoms with Gasteiger partial charge in [0.05, 0.1) is 18.3 Å². The van der Waals surface area contributed by atoms with E-state index in [1.807, 2.05) is 6.92 Å². The van der Waals surface area contributed by atoms with Crippen LogP contribution in [0.25, 0.3) is 0 Å². The van der Waals surface area contributed by atoms with E-state index in [-0.39, 0.29) is 5.03 Å². The van der Waals surface area contributed by atoms with E-state index in [1.165, 1.54) is 0 Å². The van der Waals surface area contributed by atoms with Gasteiger partial charge in [-0.2, -0.15) is 5.10 Å². The molecule has 1 aromatic heterocycles. The number of rotatable bonds is 7. The van der Waals surface area contributed by atoms with E-state index in [1.54, 1.807) is 6.20 Å². The smallest absolute Gasteiger partial charge is 0.258 e. The molecule has 2 rings (SSSR count). The first-order valence-electron chi connectivity index (χ1n) is 7.31. The summed E-state index contributed by atoms with van der Waals surface area (Å²) in [6.45, 7) is 6.33. The van der Waals surface area contributed by atoms with Gasteiger partial charge in [-0.15, -0.1) is 0 Å². The van der Waals surface area contributed by atoms with Crippen molar-refractivity contribution in [2.24, 2.45) is 0 Å². The van der Waals surface area contributed by atoms with Gasteiger partial charge in [0.1, 0.15) is 0 Å². The number of H-pyrrole nitrogens is 1. The zero-order valence-electron chi connectivity index (χ0n) is 12.6. The number of nitrogens with one attached hydrogen (secondary N) is 3. The molecule has 0 radical (unpaired) electrons.